The summed E-state index contributed by atoms with van der Waals surface area (Å²) in [5.41, 5.74) is 2.18. The smallest absolute Gasteiger partial charge is 0.0768 e. The Balaban J connectivity index is 2.08. The minimum absolute atomic E-state index is 0.511. The second kappa shape index (κ2) is 4.75. The minimum Gasteiger partial charge on any atom is -0.381 e. The molecule has 1 unspecified atom stereocenters. The van der Waals surface area contributed by atoms with Gasteiger partial charge in [0.25, 0.3) is 0 Å². The average molecular weight is 225 g/mol. The van der Waals surface area contributed by atoms with Crippen molar-refractivity contribution >= 4 is 23.0 Å². The van der Waals surface area contributed by atoms with Gasteiger partial charge in [-0.15, -0.1) is 0 Å². The van der Waals surface area contributed by atoms with Crippen LogP contribution in [-0.4, -0.2) is 12.6 Å². The third-order valence-electron chi connectivity index (χ3n) is 2.81. The minimum atomic E-state index is 0.511. The molecule has 82 valence electrons. The number of hydrogen-bond donors (Lipinski definition) is 2. The molecule has 2 N–H and O–H groups in total. The van der Waals surface area contributed by atoms with E-state index >= 15 is 0 Å². The van der Waals surface area contributed by atoms with E-state index in [4.69, 9.17) is 11.6 Å². The van der Waals surface area contributed by atoms with Crippen LogP contribution in [0.4, 0.5) is 11.4 Å². The molecule has 1 aromatic carbocycles. The van der Waals surface area contributed by atoms with Gasteiger partial charge >= 0.3 is 0 Å². The summed E-state index contributed by atoms with van der Waals surface area (Å²) in [5, 5.41) is 7.73. The Hall–Kier alpha value is -0.890. The molecule has 0 spiro atoms. The number of hydrogen-bond acceptors (Lipinski definition) is 2. The Bertz CT molecular complexity index is 338. The van der Waals surface area contributed by atoms with Gasteiger partial charge in [0, 0.05) is 12.6 Å². The highest BCUT2D eigenvalue weighted by Crippen LogP contribution is 2.33. The molecule has 0 aromatic heterocycles. The van der Waals surface area contributed by atoms with Crippen molar-refractivity contribution in [2.45, 2.75) is 32.2 Å². The first-order valence-electron chi connectivity index (χ1n) is 5.60. The molecule has 2 nitrogen and oxygen atoms in total. The summed E-state index contributed by atoms with van der Waals surface area (Å²) in [4.78, 5) is 0. The van der Waals surface area contributed by atoms with Crippen molar-refractivity contribution in [3.8, 4) is 0 Å². The zero-order valence-electron chi connectivity index (χ0n) is 9.02. The molecule has 0 bridgehead atoms. The molecule has 0 amide bonds. The van der Waals surface area contributed by atoms with Gasteiger partial charge < -0.3 is 10.6 Å². The predicted octanol–water partition coefficient (Wildman–Crippen LogP) is 3.74. The first-order chi connectivity index (χ1) is 7.31. The number of rotatable bonds is 3. The number of halogens is 1. The topological polar surface area (TPSA) is 24.1 Å². The molecule has 0 aliphatic carbocycles. The van der Waals surface area contributed by atoms with E-state index in [1.807, 2.05) is 12.1 Å². The molecule has 3 heteroatoms. The Morgan fingerprint density at radius 3 is 3.13 bits per heavy atom. The summed E-state index contributed by atoms with van der Waals surface area (Å²) in [6, 6.07) is 6.47. The molecule has 15 heavy (non-hydrogen) atoms. The highest BCUT2D eigenvalue weighted by molar-refractivity contribution is 6.34. The first kappa shape index (κ1) is 10.6. The van der Waals surface area contributed by atoms with Gasteiger partial charge in [0.1, 0.15) is 0 Å². The second-order valence-corrected chi connectivity index (χ2v) is 4.43. The SMILES string of the molecule is CCCCC1CNc2cccc(Cl)c2N1. The van der Waals surface area contributed by atoms with Crippen LogP contribution in [0.5, 0.6) is 0 Å². The molecule has 0 fully saturated rings. The van der Waals surface area contributed by atoms with E-state index in [1.54, 1.807) is 0 Å². The third-order valence-corrected chi connectivity index (χ3v) is 3.12. The van der Waals surface area contributed by atoms with Crippen LogP contribution < -0.4 is 10.6 Å². The van der Waals surface area contributed by atoms with E-state index < -0.39 is 0 Å². The number of unbranched alkanes of at least 4 members (excludes halogenated alkanes) is 1. The summed E-state index contributed by atoms with van der Waals surface area (Å²) in [7, 11) is 0. The second-order valence-electron chi connectivity index (χ2n) is 4.03. The average Bonchev–Trinajstić information content (AvgIpc) is 2.27. The van der Waals surface area contributed by atoms with E-state index in [1.165, 1.54) is 19.3 Å². The predicted molar refractivity (Wildman–Crippen MR) is 66.9 cm³/mol. The van der Waals surface area contributed by atoms with Crippen LogP contribution in [0, 0.1) is 0 Å². The van der Waals surface area contributed by atoms with Crippen LogP contribution in [0.25, 0.3) is 0 Å². The van der Waals surface area contributed by atoms with Crippen molar-refractivity contribution in [3.63, 3.8) is 0 Å². The largest absolute Gasteiger partial charge is 0.381 e. The molecule has 1 heterocycles. The highest BCUT2D eigenvalue weighted by atomic mass is 35.5. The van der Waals surface area contributed by atoms with E-state index in [-0.39, 0.29) is 0 Å². The maximum Gasteiger partial charge on any atom is 0.0768 e. The quantitative estimate of drug-likeness (QED) is 0.818. The van der Waals surface area contributed by atoms with Crippen molar-refractivity contribution < 1.29 is 0 Å². The molecular formula is C12H17ClN2. The van der Waals surface area contributed by atoms with Crippen LogP contribution in [0.2, 0.25) is 5.02 Å². The van der Waals surface area contributed by atoms with Crippen LogP contribution in [-0.2, 0) is 0 Å². The lowest BCUT2D eigenvalue weighted by Gasteiger charge is -2.29. The molecule has 2 rings (SSSR count). The molecule has 0 radical (unpaired) electrons. The fraction of sp³-hybridized carbons (Fsp3) is 0.500. The fourth-order valence-corrected chi connectivity index (χ4v) is 2.16. The zero-order valence-corrected chi connectivity index (χ0v) is 9.77. The Morgan fingerprint density at radius 2 is 2.33 bits per heavy atom. The van der Waals surface area contributed by atoms with Gasteiger partial charge in [0.05, 0.1) is 16.4 Å². The highest BCUT2D eigenvalue weighted by Gasteiger charge is 2.18. The van der Waals surface area contributed by atoms with Gasteiger partial charge in [-0.2, -0.15) is 0 Å². The van der Waals surface area contributed by atoms with Crippen molar-refractivity contribution in [1.29, 1.82) is 0 Å². The lowest BCUT2D eigenvalue weighted by Crippen LogP contribution is -2.32. The Labute approximate surface area is 96.0 Å². The van der Waals surface area contributed by atoms with Crippen LogP contribution in [0.3, 0.4) is 0 Å². The van der Waals surface area contributed by atoms with Crippen LogP contribution in [0.15, 0.2) is 18.2 Å². The zero-order chi connectivity index (χ0) is 10.7. The summed E-state index contributed by atoms with van der Waals surface area (Å²) in [6.45, 7) is 3.21. The maximum absolute atomic E-state index is 6.14. The van der Waals surface area contributed by atoms with Gasteiger partial charge in [-0.1, -0.05) is 37.4 Å². The molecule has 0 saturated heterocycles. The summed E-state index contributed by atoms with van der Waals surface area (Å²) in [6.07, 6.45) is 3.71. The summed E-state index contributed by atoms with van der Waals surface area (Å²) in [5.74, 6) is 0. The molecule has 0 saturated carbocycles. The van der Waals surface area contributed by atoms with Gasteiger partial charge in [-0.3, -0.25) is 0 Å². The number of nitrogens with one attached hydrogen (secondary N) is 2. The van der Waals surface area contributed by atoms with E-state index in [0.717, 1.165) is 22.9 Å². The first-order valence-corrected chi connectivity index (χ1v) is 5.98. The number of fused-ring (bicyclic) bond motifs is 1. The number of benzene rings is 1. The molecule has 1 aliphatic rings. The van der Waals surface area contributed by atoms with Crippen LogP contribution in [0.1, 0.15) is 26.2 Å². The van der Waals surface area contributed by atoms with Gasteiger partial charge in [-0.05, 0) is 18.6 Å². The number of para-hydroxylation sites is 1. The Morgan fingerprint density at radius 1 is 1.47 bits per heavy atom. The molecule has 1 aliphatic heterocycles. The van der Waals surface area contributed by atoms with Crippen molar-refractivity contribution in [1.82, 2.24) is 0 Å². The van der Waals surface area contributed by atoms with Gasteiger partial charge in [-0.25, -0.2) is 0 Å². The standard InChI is InChI=1S/C12H17ClN2/c1-2-3-5-9-8-14-11-7-4-6-10(13)12(11)15-9/h4,6-7,9,14-15H,2-3,5,8H2,1H3. The lowest BCUT2D eigenvalue weighted by molar-refractivity contribution is 0.620. The maximum atomic E-state index is 6.14. The van der Waals surface area contributed by atoms with Gasteiger partial charge in [0.15, 0.2) is 0 Å². The summed E-state index contributed by atoms with van der Waals surface area (Å²) < 4.78 is 0. The van der Waals surface area contributed by atoms with Crippen LogP contribution >= 0.6 is 11.6 Å². The van der Waals surface area contributed by atoms with Crippen molar-refractivity contribution in [2.24, 2.45) is 0 Å². The van der Waals surface area contributed by atoms with Crippen molar-refractivity contribution in [2.75, 3.05) is 17.2 Å². The third kappa shape index (κ3) is 2.37. The molecular weight excluding hydrogens is 208 g/mol. The molecule has 1 atom stereocenters. The van der Waals surface area contributed by atoms with Crippen molar-refractivity contribution in [3.05, 3.63) is 23.2 Å². The lowest BCUT2D eigenvalue weighted by atomic mass is 10.1. The molecule has 1 aromatic rings. The number of anilines is 2. The Kier molecular flexibility index (Phi) is 3.37. The normalized spacial score (nSPS) is 18.9. The van der Waals surface area contributed by atoms with Gasteiger partial charge in [0.2, 0.25) is 0 Å². The van der Waals surface area contributed by atoms with E-state index in [2.05, 4.69) is 23.6 Å². The van der Waals surface area contributed by atoms with E-state index in [0.29, 0.717) is 6.04 Å². The fourth-order valence-electron chi connectivity index (χ4n) is 1.93. The van der Waals surface area contributed by atoms with E-state index in [9.17, 15) is 0 Å². The summed E-state index contributed by atoms with van der Waals surface area (Å²) >= 11 is 6.14. The monoisotopic (exact) mass is 224 g/mol.